The Morgan fingerprint density at radius 1 is 1.31 bits per heavy atom. The summed E-state index contributed by atoms with van der Waals surface area (Å²) >= 11 is 0. The van der Waals surface area contributed by atoms with Crippen LogP contribution in [0.1, 0.15) is 24.1 Å². The van der Waals surface area contributed by atoms with Gasteiger partial charge in [0.25, 0.3) is 6.43 Å². The largest absolute Gasteiger partial charge is 0.488 e. The van der Waals surface area contributed by atoms with Gasteiger partial charge >= 0.3 is 0 Å². The molecule has 0 bridgehead atoms. The number of alkyl halides is 2. The lowest BCUT2D eigenvalue weighted by Crippen LogP contribution is -2.09. The van der Waals surface area contributed by atoms with Crippen LogP contribution in [0.5, 0.6) is 5.75 Å². The number of hydrogen-bond acceptors (Lipinski definition) is 2. The molecule has 1 aromatic carbocycles. The lowest BCUT2D eigenvalue weighted by molar-refractivity contribution is 0.0818. The number of rotatable bonds is 4. The van der Waals surface area contributed by atoms with E-state index in [0.717, 1.165) is 11.1 Å². The Kier molecular flexibility index (Phi) is 6.29. The molecule has 0 fully saturated rings. The summed E-state index contributed by atoms with van der Waals surface area (Å²) in [6, 6.07) is 5.20. The molecule has 0 aliphatic rings. The average Bonchev–Trinajstić information content (AvgIpc) is 2.13. The van der Waals surface area contributed by atoms with E-state index in [1.807, 2.05) is 19.9 Å². The first-order chi connectivity index (χ1) is 6.99. The molecule has 92 valence electrons. The van der Waals surface area contributed by atoms with Crippen molar-refractivity contribution >= 4 is 12.4 Å². The van der Waals surface area contributed by atoms with Crippen LogP contribution in [-0.2, 0) is 0 Å². The van der Waals surface area contributed by atoms with E-state index >= 15 is 0 Å². The summed E-state index contributed by atoms with van der Waals surface area (Å²) in [7, 11) is 0. The van der Waals surface area contributed by atoms with Crippen LogP contribution in [0.4, 0.5) is 8.78 Å². The molecular formula is C11H16ClF2NO. The number of hydrogen-bond donors (Lipinski definition) is 1. The van der Waals surface area contributed by atoms with Gasteiger partial charge in [0.15, 0.2) is 0 Å². The van der Waals surface area contributed by atoms with Crippen LogP contribution in [0.15, 0.2) is 18.2 Å². The Balaban J connectivity index is 0.00000225. The topological polar surface area (TPSA) is 35.2 Å². The van der Waals surface area contributed by atoms with Gasteiger partial charge in [-0.1, -0.05) is 6.07 Å². The Labute approximate surface area is 100 Å². The molecule has 16 heavy (non-hydrogen) atoms. The van der Waals surface area contributed by atoms with Gasteiger partial charge < -0.3 is 10.5 Å². The third kappa shape index (κ3) is 4.77. The Hall–Kier alpha value is -0.870. The van der Waals surface area contributed by atoms with Crippen molar-refractivity contribution in [1.29, 1.82) is 0 Å². The van der Waals surface area contributed by atoms with Crippen molar-refractivity contribution in [3.8, 4) is 5.75 Å². The number of ether oxygens (including phenoxy) is 1. The molecule has 1 atom stereocenters. The van der Waals surface area contributed by atoms with Gasteiger partial charge in [-0.05, 0) is 37.1 Å². The van der Waals surface area contributed by atoms with Crippen molar-refractivity contribution in [3.63, 3.8) is 0 Å². The minimum atomic E-state index is -2.45. The number of benzene rings is 1. The van der Waals surface area contributed by atoms with Gasteiger partial charge in [0, 0.05) is 6.04 Å². The fraction of sp³-hybridized carbons (Fsp3) is 0.455. The van der Waals surface area contributed by atoms with E-state index < -0.39 is 13.0 Å². The monoisotopic (exact) mass is 251 g/mol. The quantitative estimate of drug-likeness (QED) is 0.893. The first-order valence-electron chi connectivity index (χ1n) is 4.77. The lowest BCUT2D eigenvalue weighted by Gasteiger charge is -2.11. The zero-order valence-corrected chi connectivity index (χ0v) is 10.1. The maximum atomic E-state index is 11.9. The van der Waals surface area contributed by atoms with E-state index in [-0.39, 0.29) is 18.4 Å². The molecule has 0 aromatic heterocycles. The number of nitrogens with two attached hydrogens (primary N) is 1. The van der Waals surface area contributed by atoms with E-state index in [9.17, 15) is 8.78 Å². The fourth-order valence-corrected chi connectivity index (χ4v) is 1.28. The van der Waals surface area contributed by atoms with Crippen molar-refractivity contribution in [2.24, 2.45) is 5.73 Å². The van der Waals surface area contributed by atoms with Gasteiger partial charge in [-0.15, -0.1) is 12.4 Å². The second kappa shape index (κ2) is 6.66. The van der Waals surface area contributed by atoms with E-state index in [0.29, 0.717) is 5.75 Å². The fourth-order valence-electron chi connectivity index (χ4n) is 1.28. The van der Waals surface area contributed by atoms with Crippen LogP contribution < -0.4 is 10.5 Å². The number of aryl methyl sites for hydroxylation is 1. The second-order valence-electron chi connectivity index (χ2n) is 3.57. The van der Waals surface area contributed by atoms with Crippen molar-refractivity contribution in [2.45, 2.75) is 26.3 Å². The molecule has 5 heteroatoms. The summed E-state index contributed by atoms with van der Waals surface area (Å²) in [4.78, 5) is 0. The predicted molar refractivity (Wildman–Crippen MR) is 62.5 cm³/mol. The third-order valence-corrected chi connectivity index (χ3v) is 1.97. The smallest absolute Gasteiger partial charge is 0.272 e. The average molecular weight is 252 g/mol. The molecular weight excluding hydrogens is 236 g/mol. The molecule has 0 unspecified atom stereocenters. The SMILES string of the molecule is Cc1cc(OCC(F)F)cc([C@@H](C)N)c1.Cl. The summed E-state index contributed by atoms with van der Waals surface area (Å²) in [6.07, 6.45) is -2.45. The summed E-state index contributed by atoms with van der Waals surface area (Å²) < 4.78 is 28.8. The molecule has 0 aliphatic carbocycles. The summed E-state index contributed by atoms with van der Waals surface area (Å²) in [6.45, 7) is 3.13. The number of halogens is 3. The highest BCUT2D eigenvalue weighted by molar-refractivity contribution is 5.85. The van der Waals surface area contributed by atoms with Crippen LogP contribution in [0, 0.1) is 6.92 Å². The highest BCUT2D eigenvalue weighted by atomic mass is 35.5. The van der Waals surface area contributed by atoms with Crippen LogP contribution in [0.25, 0.3) is 0 Å². The van der Waals surface area contributed by atoms with E-state index in [4.69, 9.17) is 10.5 Å². The molecule has 0 saturated heterocycles. The van der Waals surface area contributed by atoms with E-state index in [2.05, 4.69) is 0 Å². The molecule has 0 heterocycles. The third-order valence-electron chi connectivity index (χ3n) is 1.97. The molecule has 1 aromatic rings. The van der Waals surface area contributed by atoms with Crippen molar-refractivity contribution in [2.75, 3.05) is 6.61 Å². The Morgan fingerprint density at radius 3 is 2.44 bits per heavy atom. The van der Waals surface area contributed by atoms with Crippen LogP contribution in [0.2, 0.25) is 0 Å². The van der Waals surface area contributed by atoms with Gasteiger partial charge in [0.2, 0.25) is 0 Å². The van der Waals surface area contributed by atoms with Crippen molar-refractivity contribution < 1.29 is 13.5 Å². The van der Waals surface area contributed by atoms with Gasteiger partial charge in [-0.3, -0.25) is 0 Å². The Bertz CT molecular complexity index is 332. The van der Waals surface area contributed by atoms with Crippen molar-refractivity contribution in [3.05, 3.63) is 29.3 Å². The molecule has 0 saturated carbocycles. The molecule has 0 spiro atoms. The van der Waals surface area contributed by atoms with Crippen LogP contribution in [-0.4, -0.2) is 13.0 Å². The van der Waals surface area contributed by atoms with Gasteiger partial charge in [0.1, 0.15) is 12.4 Å². The zero-order valence-electron chi connectivity index (χ0n) is 9.24. The maximum Gasteiger partial charge on any atom is 0.272 e. The first kappa shape index (κ1) is 15.1. The van der Waals surface area contributed by atoms with Gasteiger partial charge in [-0.25, -0.2) is 8.78 Å². The highest BCUT2D eigenvalue weighted by Crippen LogP contribution is 2.20. The van der Waals surface area contributed by atoms with E-state index in [1.54, 1.807) is 12.1 Å². The normalized spacial score (nSPS) is 12.1. The summed E-state index contributed by atoms with van der Waals surface area (Å²) in [5.41, 5.74) is 7.54. The Morgan fingerprint density at radius 2 is 1.94 bits per heavy atom. The lowest BCUT2D eigenvalue weighted by atomic mass is 10.1. The second-order valence-corrected chi connectivity index (χ2v) is 3.57. The highest BCUT2D eigenvalue weighted by Gasteiger charge is 2.06. The van der Waals surface area contributed by atoms with Crippen LogP contribution >= 0.6 is 12.4 Å². The molecule has 0 radical (unpaired) electrons. The standard InChI is InChI=1S/C11H15F2NO.ClH/c1-7-3-9(8(2)14)5-10(4-7)15-6-11(12)13;/h3-5,8,11H,6,14H2,1-2H3;1H/t8-;/m1./s1. The van der Waals surface area contributed by atoms with Gasteiger partial charge in [0.05, 0.1) is 0 Å². The summed E-state index contributed by atoms with van der Waals surface area (Å²) in [5, 5.41) is 0. The van der Waals surface area contributed by atoms with Crippen molar-refractivity contribution in [1.82, 2.24) is 0 Å². The minimum absolute atomic E-state index is 0. The minimum Gasteiger partial charge on any atom is -0.488 e. The molecule has 2 N–H and O–H groups in total. The molecule has 0 aliphatic heterocycles. The summed E-state index contributed by atoms with van der Waals surface area (Å²) in [5.74, 6) is 0.447. The molecule has 2 nitrogen and oxygen atoms in total. The predicted octanol–water partition coefficient (Wildman–Crippen LogP) is 3.08. The van der Waals surface area contributed by atoms with Gasteiger partial charge in [-0.2, -0.15) is 0 Å². The maximum absolute atomic E-state index is 11.9. The zero-order chi connectivity index (χ0) is 11.4. The molecule has 1 rings (SSSR count). The first-order valence-corrected chi connectivity index (χ1v) is 4.77. The van der Waals surface area contributed by atoms with E-state index in [1.165, 1.54) is 0 Å². The van der Waals surface area contributed by atoms with Crippen LogP contribution in [0.3, 0.4) is 0 Å². The molecule has 0 amide bonds.